The third-order valence-electron chi connectivity index (χ3n) is 3.52. The normalized spacial score (nSPS) is 13.3. The number of rotatable bonds is 3. The topological polar surface area (TPSA) is 43.4 Å². The second kappa shape index (κ2) is 5.66. The van der Waals surface area contributed by atoms with Gasteiger partial charge in [0.05, 0.1) is 12.0 Å². The Labute approximate surface area is 126 Å². The van der Waals surface area contributed by atoms with E-state index in [1.54, 1.807) is 0 Å². The molecule has 106 valence electrons. The molecule has 1 aliphatic carbocycles. The monoisotopic (exact) mass is 298 g/mol. The first-order chi connectivity index (χ1) is 10.2. The van der Waals surface area contributed by atoms with Gasteiger partial charge in [-0.2, -0.15) is 0 Å². The molecule has 21 heavy (non-hydrogen) atoms. The van der Waals surface area contributed by atoms with Crippen molar-refractivity contribution in [1.29, 1.82) is 0 Å². The van der Waals surface area contributed by atoms with Crippen molar-refractivity contribution in [2.75, 3.05) is 7.11 Å². The van der Waals surface area contributed by atoms with Crippen LogP contribution in [0.25, 0.3) is 6.08 Å². The Morgan fingerprint density at radius 1 is 1.14 bits per heavy atom. The number of thiophene rings is 1. The first kappa shape index (κ1) is 13.8. The average molecular weight is 298 g/mol. The van der Waals surface area contributed by atoms with Crippen LogP contribution in [0.1, 0.15) is 32.1 Å². The first-order valence-electron chi connectivity index (χ1n) is 6.70. The predicted molar refractivity (Wildman–Crippen MR) is 82.5 cm³/mol. The van der Waals surface area contributed by atoms with E-state index in [-0.39, 0.29) is 11.8 Å². The molecule has 0 spiro atoms. The van der Waals surface area contributed by atoms with Crippen LogP contribution in [-0.4, -0.2) is 18.9 Å². The molecule has 1 aromatic heterocycles. The lowest BCUT2D eigenvalue weighted by Crippen LogP contribution is -2.08. The van der Waals surface area contributed by atoms with Gasteiger partial charge in [0.15, 0.2) is 0 Å². The minimum absolute atomic E-state index is 0.0306. The van der Waals surface area contributed by atoms with Gasteiger partial charge in [-0.15, -0.1) is 11.3 Å². The number of hydrogen-bond acceptors (Lipinski definition) is 4. The summed E-state index contributed by atoms with van der Waals surface area (Å²) < 4.78 is 4.76. The molecule has 0 radical (unpaired) electrons. The van der Waals surface area contributed by atoms with Gasteiger partial charge >= 0.3 is 5.97 Å². The molecule has 3 nitrogen and oxygen atoms in total. The second-order valence-corrected chi connectivity index (χ2v) is 5.94. The molecular weight excluding hydrogens is 284 g/mol. The van der Waals surface area contributed by atoms with E-state index in [4.69, 9.17) is 4.74 Å². The summed E-state index contributed by atoms with van der Waals surface area (Å²) in [6, 6.07) is 11.2. The van der Waals surface area contributed by atoms with Gasteiger partial charge < -0.3 is 4.74 Å². The molecule has 2 aromatic rings. The van der Waals surface area contributed by atoms with E-state index in [1.165, 1.54) is 18.4 Å². The third kappa shape index (κ3) is 2.67. The Kier molecular flexibility index (Phi) is 3.71. The van der Waals surface area contributed by atoms with Gasteiger partial charge in [-0.05, 0) is 30.5 Å². The van der Waals surface area contributed by atoms with Crippen molar-refractivity contribution in [3.63, 3.8) is 0 Å². The summed E-state index contributed by atoms with van der Waals surface area (Å²) in [6.45, 7) is 0. The van der Waals surface area contributed by atoms with Crippen molar-refractivity contribution in [1.82, 2.24) is 0 Å². The number of methoxy groups -OCH3 is 1. The highest BCUT2D eigenvalue weighted by molar-refractivity contribution is 7.15. The quantitative estimate of drug-likeness (QED) is 0.643. The molecule has 1 aliphatic rings. The van der Waals surface area contributed by atoms with Crippen LogP contribution in [-0.2, 0) is 16.0 Å². The molecular formula is C17H14O3S. The Morgan fingerprint density at radius 2 is 1.90 bits per heavy atom. The number of carbonyl (C=O) groups is 2. The maximum atomic E-state index is 12.4. The summed E-state index contributed by atoms with van der Waals surface area (Å²) in [5, 5.41) is 0. The van der Waals surface area contributed by atoms with E-state index in [1.807, 2.05) is 42.5 Å². The molecule has 3 rings (SSSR count). The number of aryl methyl sites for hydroxylation is 1. The third-order valence-corrected chi connectivity index (χ3v) is 4.64. The summed E-state index contributed by atoms with van der Waals surface area (Å²) >= 11 is 1.44. The molecule has 4 heteroatoms. The summed E-state index contributed by atoms with van der Waals surface area (Å²) in [5.41, 5.74) is 2.49. The van der Waals surface area contributed by atoms with Gasteiger partial charge in [0.1, 0.15) is 0 Å². The number of ether oxygens (including phenoxy) is 1. The first-order valence-corrected chi connectivity index (χ1v) is 7.52. The zero-order valence-electron chi connectivity index (χ0n) is 11.6. The number of benzene rings is 1. The molecule has 1 aromatic carbocycles. The van der Waals surface area contributed by atoms with Gasteiger partial charge in [-0.3, -0.25) is 4.79 Å². The molecule has 0 unspecified atom stereocenters. The van der Waals surface area contributed by atoms with Crippen molar-refractivity contribution < 1.29 is 14.3 Å². The summed E-state index contributed by atoms with van der Waals surface area (Å²) in [5.74, 6) is -0.256. The Hall–Kier alpha value is -2.20. The van der Waals surface area contributed by atoms with E-state index in [0.717, 1.165) is 16.9 Å². The van der Waals surface area contributed by atoms with Gasteiger partial charge in [0, 0.05) is 16.0 Å². The number of esters is 1. The maximum Gasteiger partial charge on any atom is 0.333 e. The molecule has 0 saturated heterocycles. The molecule has 0 fully saturated rings. The van der Waals surface area contributed by atoms with E-state index >= 15 is 0 Å². The molecule has 1 heterocycles. The van der Waals surface area contributed by atoms with E-state index in [2.05, 4.69) is 0 Å². The van der Waals surface area contributed by atoms with Crippen LogP contribution in [0.4, 0.5) is 0 Å². The number of fused-ring (bicyclic) bond motifs is 1. The molecule has 0 aliphatic heterocycles. The largest absolute Gasteiger partial charge is 0.466 e. The fourth-order valence-corrected chi connectivity index (χ4v) is 3.54. The van der Waals surface area contributed by atoms with Crippen LogP contribution in [0.5, 0.6) is 0 Å². The van der Waals surface area contributed by atoms with Crippen LogP contribution in [0.2, 0.25) is 0 Å². The predicted octanol–water partition coefficient (Wildman–Crippen LogP) is 3.48. The SMILES string of the molecule is COC(=O)C1=Cc2sc(C(=O)c3ccccc3)cc2CC1. The van der Waals surface area contributed by atoms with Crippen molar-refractivity contribution in [3.8, 4) is 0 Å². The smallest absolute Gasteiger partial charge is 0.333 e. The molecule has 0 bridgehead atoms. The summed E-state index contributed by atoms with van der Waals surface area (Å²) in [4.78, 5) is 25.7. The highest BCUT2D eigenvalue weighted by Gasteiger charge is 2.21. The Morgan fingerprint density at radius 3 is 2.62 bits per heavy atom. The van der Waals surface area contributed by atoms with E-state index in [0.29, 0.717) is 22.4 Å². The summed E-state index contributed by atoms with van der Waals surface area (Å²) in [6.07, 6.45) is 3.28. The Balaban J connectivity index is 1.92. The lowest BCUT2D eigenvalue weighted by Gasteiger charge is -2.10. The van der Waals surface area contributed by atoms with Crippen LogP contribution >= 0.6 is 11.3 Å². The molecule has 0 saturated carbocycles. The van der Waals surface area contributed by atoms with Gasteiger partial charge in [-0.1, -0.05) is 30.3 Å². The zero-order chi connectivity index (χ0) is 14.8. The van der Waals surface area contributed by atoms with E-state index in [9.17, 15) is 9.59 Å². The van der Waals surface area contributed by atoms with Crippen LogP contribution in [0.15, 0.2) is 42.0 Å². The van der Waals surface area contributed by atoms with Crippen molar-refractivity contribution in [2.45, 2.75) is 12.8 Å². The minimum atomic E-state index is -0.287. The van der Waals surface area contributed by atoms with Gasteiger partial charge in [0.25, 0.3) is 0 Å². The fraction of sp³-hybridized carbons (Fsp3) is 0.176. The summed E-state index contributed by atoms with van der Waals surface area (Å²) in [7, 11) is 1.39. The zero-order valence-corrected chi connectivity index (χ0v) is 12.4. The molecule has 0 amide bonds. The lowest BCUT2D eigenvalue weighted by atomic mass is 9.97. The van der Waals surface area contributed by atoms with Crippen LogP contribution < -0.4 is 0 Å². The lowest BCUT2D eigenvalue weighted by molar-refractivity contribution is -0.136. The van der Waals surface area contributed by atoms with Gasteiger partial charge in [0.2, 0.25) is 5.78 Å². The maximum absolute atomic E-state index is 12.4. The number of carbonyl (C=O) groups excluding carboxylic acids is 2. The van der Waals surface area contributed by atoms with Gasteiger partial charge in [-0.25, -0.2) is 4.79 Å². The van der Waals surface area contributed by atoms with Crippen LogP contribution in [0.3, 0.4) is 0 Å². The number of ketones is 1. The fourth-order valence-electron chi connectivity index (χ4n) is 2.40. The average Bonchev–Trinajstić information content (AvgIpc) is 2.97. The standard InChI is InChI=1S/C17H14O3S/c1-20-17(19)13-8-7-12-9-15(21-14(12)10-13)16(18)11-5-3-2-4-6-11/h2-6,9-10H,7-8H2,1H3. The highest BCUT2D eigenvalue weighted by atomic mass is 32.1. The van der Waals surface area contributed by atoms with Crippen molar-refractivity contribution >= 4 is 29.2 Å². The van der Waals surface area contributed by atoms with E-state index < -0.39 is 0 Å². The number of hydrogen-bond donors (Lipinski definition) is 0. The van der Waals surface area contributed by atoms with Crippen molar-refractivity contribution in [2.24, 2.45) is 0 Å². The molecule has 0 N–H and O–H groups in total. The van der Waals surface area contributed by atoms with Crippen molar-refractivity contribution in [3.05, 3.63) is 62.9 Å². The van der Waals surface area contributed by atoms with Crippen LogP contribution in [0, 0.1) is 0 Å². The minimum Gasteiger partial charge on any atom is -0.466 e. The highest BCUT2D eigenvalue weighted by Crippen LogP contribution is 2.32. The second-order valence-electron chi connectivity index (χ2n) is 4.86. The molecule has 0 atom stereocenters. The Bertz CT molecular complexity index is 726.